The second kappa shape index (κ2) is 4.61. The van der Waals surface area contributed by atoms with Crippen molar-refractivity contribution < 1.29 is 18.3 Å². The third kappa shape index (κ3) is 2.50. The average Bonchev–Trinajstić information content (AvgIpc) is 2.69. The smallest absolute Gasteiger partial charge is 0.335 e. The highest BCUT2D eigenvalue weighted by Gasteiger charge is 2.40. The van der Waals surface area contributed by atoms with Gasteiger partial charge in [0, 0.05) is 6.54 Å². The van der Waals surface area contributed by atoms with E-state index in [2.05, 4.69) is 0 Å². The van der Waals surface area contributed by atoms with Crippen LogP contribution in [0, 0.1) is 0 Å². The van der Waals surface area contributed by atoms with E-state index in [1.54, 1.807) is 12.1 Å². The number of hydrogen-bond acceptors (Lipinski definition) is 3. The number of benzene rings is 1. The molecule has 1 aromatic carbocycles. The maximum atomic E-state index is 12.0. The van der Waals surface area contributed by atoms with Gasteiger partial charge in [-0.25, -0.2) is 13.2 Å². The van der Waals surface area contributed by atoms with Crippen molar-refractivity contribution in [2.24, 2.45) is 0 Å². The van der Waals surface area contributed by atoms with Gasteiger partial charge < -0.3 is 5.11 Å². The van der Waals surface area contributed by atoms with Gasteiger partial charge in [-0.1, -0.05) is 12.1 Å². The van der Waals surface area contributed by atoms with Crippen LogP contribution >= 0.6 is 0 Å². The molecule has 1 aliphatic rings. The molecule has 0 aromatic heterocycles. The van der Waals surface area contributed by atoms with Gasteiger partial charge in [0.1, 0.15) is 0 Å². The molecule has 2 rings (SSSR count). The van der Waals surface area contributed by atoms with Crippen LogP contribution in [0.1, 0.15) is 36.2 Å². The van der Waals surface area contributed by atoms with E-state index in [0.717, 1.165) is 5.56 Å². The molecule has 0 spiro atoms. The lowest BCUT2D eigenvalue weighted by Gasteiger charge is -2.34. The van der Waals surface area contributed by atoms with Gasteiger partial charge in [0.15, 0.2) is 0 Å². The highest BCUT2D eigenvalue weighted by molar-refractivity contribution is 7.89. The molecular formula is C13H17NO4S. The monoisotopic (exact) mass is 283 g/mol. The van der Waals surface area contributed by atoms with Crippen molar-refractivity contribution >= 4 is 16.0 Å². The second-order valence-corrected chi connectivity index (χ2v) is 7.20. The lowest BCUT2D eigenvalue weighted by Crippen LogP contribution is -2.42. The minimum Gasteiger partial charge on any atom is -0.478 e. The van der Waals surface area contributed by atoms with Gasteiger partial charge >= 0.3 is 5.97 Å². The number of aromatic carboxylic acids is 1. The summed E-state index contributed by atoms with van der Waals surface area (Å²) in [4.78, 5) is 10.8. The maximum absolute atomic E-state index is 12.0. The van der Waals surface area contributed by atoms with Gasteiger partial charge in [-0.05, 0) is 38.0 Å². The van der Waals surface area contributed by atoms with Gasteiger partial charge in [0.05, 0.1) is 16.9 Å². The molecule has 0 bridgehead atoms. The van der Waals surface area contributed by atoms with Gasteiger partial charge in [0.25, 0.3) is 0 Å². The fraction of sp³-hybridized carbons (Fsp3) is 0.462. The number of nitrogens with zero attached hydrogens (tertiary/aromatic N) is 1. The standard InChI is InChI=1S/C13H17NO4S/c1-13(2,14-8-3-9-19(14,17)18)11-6-4-10(5-7-11)12(15)16/h4-7H,3,8-9H2,1-2H3,(H,15,16). The van der Waals surface area contributed by atoms with Gasteiger partial charge in [-0.3, -0.25) is 0 Å². The number of carboxylic acid groups (broad SMARTS) is 1. The molecule has 1 heterocycles. The van der Waals surface area contributed by atoms with Crippen molar-refractivity contribution in [1.82, 2.24) is 4.31 Å². The van der Waals surface area contributed by atoms with Crippen LogP contribution in [0.4, 0.5) is 0 Å². The van der Waals surface area contributed by atoms with E-state index in [0.29, 0.717) is 13.0 Å². The Bertz CT molecular complexity index is 590. The molecule has 104 valence electrons. The van der Waals surface area contributed by atoms with Crippen LogP contribution in [0.25, 0.3) is 0 Å². The van der Waals surface area contributed by atoms with Crippen molar-refractivity contribution in [3.05, 3.63) is 35.4 Å². The molecule has 5 nitrogen and oxygen atoms in total. The summed E-state index contributed by atoms with van der Waals surface area (Å²) in [6.07, 6.45) is 0.638. The summed E-state index contributed by atoms with van der Waals surface area (Å²) >= 11 is 0. The van der Waals surface area contributed by atoms with Crippen LogP contribution < -0.4 is 0 Å². The zero-order valence-corrected chi connectivity index (χ0v) is 11.8. The van der Waals surface area contributed by atoms with E-state index < -0.39 is 21.5 Å². The lowest BCUT2D eigenvalue weighted by molar-refractivity contribution is 0.0696. The average molecular weight is 283 g/mol. The molecule has 19 heavy (non-hydrogen) atoms. The van der Waals surface area contributed by atoms with E-state index in [1.807, 2.05) is 13.8 Å². The molecule has 0 aliphatic carbocycles. The van der Waals surface area contributed by atoms with Crippen LogP contribution in [-0.4, -0.2) is 36.1 Å². The fourth-order valence-corrected chi connectivity index (χ4v) is 4.35. The molecule has 1 fully saturated rings. The predicted octanol–water partition coefficient (Wildman–Crippen LogP) is 1.66. The van der Waals surface area contributed by atoms with Gasteiger partial charge in [-0.15, -0.1) is 0 Å². The SMILES string of the molecule is CC(C)(c1ccc(C(=O)O)cc1)N1CCCS1(=O)=O. The van der Waals surface area contributed by atoms with Crippen LogP contribution in [-0.2, 0) is 15.6 Å². The summed E-state index contributed by atoms with van der Waals surface area (Å²) in [7, 11) is -3.20. The Morgan fingerprint density at radius 1 is 1.26 bits per heavy atom. The number of hydrogen-bond donors (Lipinski definition) is 1. The van der Waals surface area contributed by atoms with E-state index >= 15 is 0 Å². The van der Waals surface area contributed by atoms with Crippen molar-refractivity contribution in [3.63, 3.8) is 0 Å². The van der Waals surface area contributed by atoms with Crippen LogP contribution in [0.5, 0.6) is 0 Å². The molecule has 0 saturated carbocycles. The Morgan fingerprint density at radius 2 is 1.84 bits per heavy atom. The van der Waals surface area contributed by atoms with Crippen molar-refractivity contribution in [2.75, 3.05) is 12.3 Å². The molecule has 6 heteroatoms. The van der Waals surface area contributed by atoms with Crippen LogP contribution in [0.15, 0.2) is 24.3 Å². The van der Waals surface area contributed by atoms with Crippen molar-refractivity contribution in [3.8, 4) is 0 Å². The topological polar surface area (TPSA) is 74.7 Å². The fourth-order valence-electron chi connectivity index (χ4n) is 2.43. The summed E-state index contributed by atoms with van der Waals surface area (Å²) in [6, 6.07) is 6.36. The first-order chi connectivity index (χ1) is 8.75. The second-order valence-electron chi connectivity index (χ2n) is 5.18. The van der Waals surface area contributed by atoms with E-state index in [1.165, 1.54) is 16.4 Å². The number of sulfonamides is 1. The Morgan fingerprint density at radius 3 is 2.26 bits per heavy atom. The largest absolute Gasteiger partial charge is 0.478 e. The first kappa shape index (κ1) is 14.0. The Labute approximate surface area is 112 Å². The molecular weight excluding hydrogens is 266 g/mol. The van der Waals surface area contributed by atoms with Crippen molar-refractivity contribution in [2.45, 2.75) is 25.8 Å². The summed E-state index contributed by atoms with van der Waals surface area (Å²) in [5.41, 5.74) is 0.332. The molecule has 0 unspecified atom stereocenters. The van der Waals surface area contributed by atoms with Crippen molar-refractivity contribution in [1.29, 1.82) is 0 Å². The third-order valence-electron chi connectivity index (χ3n) is 3.56. The Kier molecular flexibility index (Phi) is 3.40. The Balaban J connectivity index is 2.36. The number of rotatable bonds is 3. The first-order valence-corrected chi connectivity index (χ1v) is 7.70. The van der Waals surface area contributed by atoms with Gasteiger partial charge in [0.2, 0.25) is 10.0 Å². The quantitative estimate of drug-likeness (QED) is 0.915. The molecule has 1 aromatic rings. The maximum Gasteiger partial charge on any atom is 0.335 e. The molecule has 1 saturated heterocycles. The number of carbonyl (C=O) groups is 1. The predicted molar refractivity (Wildman–Crippen MR) is 71.5 cm³/mol. The molecule has 1 N–H and O–H groups in total. The van der Waals surface area contributed by atoms with Crippen LogP contribution in [0.3, 0.4) is 0 Å². The zero-order valence-electron chi connectivity index (χ0n) is 11.0. The summed E-state index contributed by atoms with van der Waals surface area (Å²) in [5, 5.41) is 8.87. The summed E-state index contributed by atoms with van der Waals surface area (Å²) < 4.78 is 25.5. The van der Waals surface area contributed by atoms with E-state index in [-0.39, 0.29) is 11.3 Å². The zero-order chi connectivity index (χ0) is 14.3. The Hall–Kier alpha value is -1.40. The number of carboxylic acids is 1. The highest BCUT2D eigenvalue weighted by Crippen LogP contribution is 2.33. The van der Waals surface area contributed by atoms with E-state index in [4.69, 9.17) is 5.11 Å². The molecule has 0 atom stereocenters. The van der Waals surface area contributed by atoms with Gasteiger partial charge in [-0.2, -0.15) is 4.31 Å². The van der Waals surface area contributed by atoms with Crippen LogP contribution in [0.2, 0.25) is 0 Å². The first-order valence-electron chi connectivity index (χ1n) is 6.09. The molecule has 0 radical (unpaired) electrons. The minimum absolute atomic E-state index is 0.184. The highest BCUT2D eigenvalue weighted by atomic mass is 32.2. The molecule has 0 amide bonds. The minimum atomic E-state index is -3.20. The third-order valence-corrected chi connectivity index (χ3v) is 5.68. The lowest BCUT2D eigenvalue weighted by atomic mass is 9.93. The summed E-state index contributed by atoms with van der Waals surface area (Å²) in [5.74, 6) is -0.804. The summed E-state index contributed by atoms with van der Waals surface area (Å²) in [6.45, 7) is 4.19. The van der Waals surface area contributed by atoms with E-state index in [9.17, 15) is 13.2 Å². The normalized spacial score (nSPS) is 19.5. The molecule has 1 aliphatic heterocycles.